The highest BCUT2D eigenvalue weighted by Crippen LogP contribution is 2.30. The van der Waals surface area contributed by atoms with E-state index in [1.54, 1.807) is 28.6 Å². The minimum atomic E-state index is -0.358. The molecule has 24 heavy (non-hydrogen) atoms. The van der Waals surface area contributed by atoms with E-state index in [0.717, 1.165) is 12.1 Å². The van der Waals surface area contributed by atoms with Gasteiger partial charge in [-0.1, -0.05) is 24.4 Å². The van der Waals surface area contributed by atoms with Gasteiger partial charge >= 0.3 is 6.09 Å². The Morgan fingerprint density at radius 1 is 1.50 bits per heavy atom. The normalized spacial score (nSPS) is 20.5. The van der Waals surface area contributed by atoms with Crippen molar-refractivity contribution in [3.8, 4) is 0 Å². The van der Waals surface area contributed by atoms with Crippen molar-refractivity contribution in [1.82, 2.24) is 19.1 Å². The third kappa shape index (κ3) is 3.48. The van der Waals surface area contributed by atoms with Crippen molar-refractivity contribution in [1.29, 1.82) is 0 Å². The van der Waals surface area contributed by atoms with E-state index >= 15 is 0 Å². The smallest absolute Gasteiger partial charge is 0.410 e. The molecule has 1 aliphatic rings. The van der Waals surface area contributed by atoms with Gasteiger partial charge in [0, 0.05) is 43.7 Å². The van der Waals surface area contributed by atoms with Crippen LogP contribution in [0.2, 0.25) is 0 Å². The van der Waals surface area contributed by atoms with Crippen LogP contribution >= 0.6 is 11.8 Å². The van der Waals surface area contributed by atoms with E-state index in [4.69, 9.17) is 4.74 Å². The summed E-state index contributed by atoms with van der Waals surface area (Å²) in [6, 6.07) is 1.90. The number of carbonyl (C=O) groups excluding carboxylic acids is 2. The van der Waals surface area contributed by atoms with Gasteiger partial charge in [-0.3, -0.25) is 4.79 Å². The zero-order valence-electron chi connectivity index (χ0n) is 13.5. The number of hydrogen-bond acceptors (Lipinski definition) is 5. The summed E-state index contributed by atoms with van der Waals surface area (Å²) in [6.07, 6.45) is 7.51. The average molecular weight is 348 g/mol. The summed E-state index contributed by atoms with van der Waals surface area (Å²) in [5, 5.41) is 4.36. The summed E-state index contributed by atoms with van der Waals surface area (Å²) in [4.78, 5) is 25.5. The van der Waals surface area contributed by atoms with Crippen LogP contribution in [-0.4, -0.2) is 54.7 Å². The topological polar surface area (TPSA) is 68.8 Å². The molecule has 3 rings (SSSR count). The maximum Gasteiger partial charge on any atom is 0.410 e. The van der Waals surface area contributed by atoms with Crippen molar-refractivity contribution in [3.63, 3.8) is 0 Å². The van der Waals surface area contributed by atoms with Crippen molar-refractivity contribution in [3.05, 3.63) is 37.3 Å². The molecule has 0 radical (unpaired) electrons. The van der Waals surface area contributed by atoms with Gasteiger partial charge in [-0.05, 0) is 6.42 Å². The lowest BCUT2D eigenvalue weighted by molar-refractivity contribution is -0.109. The highest BCUT2D eigenvalue weighted by atomic mass is 32.2. The van der Waals surface area contributed by atoms with Crippen molar-refractivity contribution in [2.24, 2.45) is 0 Å². The van der Waals surface area contributed by atoms with Gasteiger partial charge in [0.15, 0.2) is 5.12 Å². The number of ether oxygens (including phenoxy) is 1. The molecule has 1 amide bonds. The maximum atomic E-state index is 12.3. The lowest BCUT2D eigenvalue weighted by Crippen LogP contribution is -2.38. The minimum absolute atomic E-state index is 0.0229. The van der Waals surface area contributed by atoms with Gasteiger partial charge in [-0.25, -0.2) is 9.31 Å². The van der Waals surface area contributed by atoms with Crippen molar-refractivity contribution in [2.45, 2.75) is 31.2 Å². The molecule has 2 aromatic heterocycles. The van der Waals surface area contributed by atoms with Gasteiger partial charge in [0.1, 0.15) is 12.3 Å². The van der Waals surface area contributed by atoms with Gasteiger partial charge in [0.25, 0.3) is 0 Å². The van der Waals surface area contributed by atoms with Crippen molar-refractivity contribution >= 4 is 28.6 Å². The Labute approximate surface area is 144 Å². The molecule has 0 aliphatic carbocycles. The molecule has 0 bridgehead atoms. The number of nitrogens with zero attached hydrogens (tertiary/aromatic N) is 4. The second-order valence-corrected chi connectivity index (χ2v) is 7.20. The molecule has 128 valence electrons. The molecule has 7 nitrogen and oxygen atoms in total. The summed E-state index contributed by atoms with van der Waals surface area (Å²) < 4.78 is 9.05. The Morgan fingerprint density at radius 2 is 2.33 bits per heavy atom. The molecule has 0 saturated carbocycles. The number of rotatable bonds is 5. The van der Waals surface area contributed by atoms with E-state index < -0.39 is 0 Å². The van der Waals surface area contributed by atoms with Crippen molar-refractivity contribution < 1.29 is 14.3 Å². The Balaban J connectivity index is 1.76. The van der Waals surface area contributed by atoms with Crippen LogP contribution in [0.15, 0.2) is 37.3 Å². The minimum Gasteiger partial charge on any atom is -0.445 e. The first kappa shape index (κ1) is 16.6. The molecular weight excluding hydrogens is 328 g/mol. The number of likely N-dealkylation sites (tertiary alicyclic amines) is 1. The molecule has 1 aliphatic heterocycles. The SMILES string of the molecule is C=CCOC(=O)N1C[C@@H](SC(C)=O)C[C@H]1Cn1ccn2nccc12. The van der Waals surface area contributed by atoms with Gasteiger partial charge in [0.2, 0.25) is 0 Å². The van der Waals surface area contributed by atoms with E-state index in [1.807, 2.05) is 18.5 Å². The van der Waals surface area contributed by atoms with Crippen LogP contribution in [0.3, 0.4) is 0 Å². The summed E-state index contributed by atoms with van der Waals surface area (Å²) in [5.41, 5.74) is 0.970. The number of amides is 1. The average Bonchev–Trinajstić information content (AvgIpc) is 3.22. The lowest BCUT2D eigenvalue weighted by Gasteiger charge is -2.24. The Kier molecular flexibility index (Phi) is 4.94. The lowest BCUT2D eigenvalue weighted by atomic mass is 10.2. The second-order valence-electron chi connectivity index (χ2n) is 5.72. The number of fused-ring (bicyclic) bond motifs is 1. The van der Waals surface area contributed by atoms with Gasteiger partial charge in [-0.15, -0.1) is 0 Å². The predicted octanol–water partition coefficient (Wildman–Crippen LogP) is 2.18. The molecule has 8 heteroatoms. The Bertz CT molecular complexity index is 753. The zero-order valence-corrected chi connectivity index (χ0v) is 14.3. The predicted molar refractivity (Wildman–Crippen MR) is 91.9 cm³/mol. The number of hydrogen-bond donors (Lipinski definition) is 0. The van der Waals surface area contributed by atoms with Crippen LogP contribution in [0.1, 0.15) is 13.3 Å². The summed E-state index contributed by atoms with van der Waals surface area (Å²) in [6.45, 7) is 6.46. The third-order valence-corrected chi connectivity index (χ3v) is 5.01. The first-order valence-corrected chi connectivity index (χ1v) is 8.66. The zero-order chi connectivity index (χ0) is 17.1. The summed E-state index contributed by atoms with van der Waals surface area (Å²) in [5.74, 6) is 0. The summed E-state index contributed by atoms with van der Waals surface area (Å²) in [7, 11) is 0. The second kappa shape index (κ2) is 7.12. The molecule has 3 heterocycles. The molecule has 0 spiro atoms. The maximum absolute atomic E-state index is 12.3. The molecule has 0 N–H and O–H groups in total. The van der Waals surface area contributed by atoms with Crippen LogP contribution in [0.25, 0.3) is 5.65 Å². The highest BCUT2D eigenvalue weighted by Gasteiger charge is 2.37. The Morgan fingerprint density at radius 3 is 3.08 bits per heavy atom. The molecular formula is C16H20N4O3S. The monoisotopic (exact) mass is 348 g/mol. The fourth-order valence-corrected chi connectivity index (χ4v) is 4.08. The van der Waals surface area contributed by atoms with Gasteiger partial charge in [-0.2, -0.15) is 5.10 Å². The first-order valence-electron chi connectivity index (χ1n) is 7.78. The fraction of sp³-hybridized carbons (Fsp3) is 0.438. The quantitative estimate of drug-likeness (QED) is 0.775. The molecule has 1 fully saturated rings. The molecule has 0 aromatic carbocycles. The van der Waals surface area contributed by atoms with Crippen molar-refractivity contribution in [2.75, 3.05) is 13.2 Å². The number of carbonyl (C=O) groups is 2. The van der Waals surface area contributed by atoms with Crippen LogP contribution in [-0.2, 0) is 16.1 Å². The number of thioether (sulfide) groups is 1. The van der Waals surface area contributed by atoms with Gasteiger partial charge < -0.3 is 14.2 Å². The van der Waals surface area contributed by atoms with E-state index in [9.17, 15) is 9.59 Å². The molecule has 1 saturated heterocycles. The molecule has 0 unspecified atom stereocenters. The fourth-order valence-electron chi connectivity index (χ4n) is 3.05. The number of imidazole rings is 1. The van der Waals surface area contributed by atoms with Crippen LogP contribution in [0, 0.1) is 0 Å². The highest BCUT2D eigenvalue weighted by molar-refractivity contribution is 8.14. The largest absolute Gasteiger partial charge is 0.445 e. The standard InChI is InChI=1S/C16H20N4O3S/c1-3-8-23-16(22)19-11-14(24-12(2)21)9-13(19)10-18-6-7-20-15(18)4-5-17-20/h3-7,13-14H,1,8-11H2,2H3/t13-,14-/m0/s1. The first-order chi connectivity index (χ1) is 11.6. The third-order valence-electron chi connectivity index (χ3n) is 4.01. The Hall–Kier alpha value is -2.22. The van der Waals surface area contributed by atoms with E-state index in [0.29, 0.717) is 13.1 Å². The van der Waals surface area contributed by atoms with Crippen LogP contribution < -0.4 is 0 Å². The van der Waals surface area contributed by atoms with E-state index in [1.165, 1.54) is 11.8 Å². The van der Waals surface area contributed by atoms with E-state index in [-0.39, 0.29) is 29.1 Å². The van der Waals surface area contributed by atoms with Crippen LogP contribution in [0.4, 0.5) is 4.79 Å². The molecule has 2 aromatic rings. The van der Waals surface area contributed by atoms with E-state index in [2.05, 4.69) is 16.2 Å². The molecule has 2 atom stereocenters. The summed E-state index contributed by atoms with van der Waals surface area (Å²) >= 11 is 1.29. The van der Waals surface area contributed by atoms with Crippen LogP contribution in [0.5, 0.6) is 0 Å². The number of aromatic nitrogens is 3. The van der Waals surface area contributed by atoms with Gasteiger partial charge in [0.05, 0.1) is 12.2 Å².